The van der Waals surface area contributed by atoms with E-state index in [1.54, 1.807) is 38.1 Å². The fourth-order valence-electron chi connectivity index (χ4n) is 8.20. The molecule has 4 aliphatic heterocycles. The highest BCUT2D eigenvalue weighted by Crippen LogP contribution is 2.43. The number of aryl methyl sites for hydroxylation is 2. The number of fused-ring (bicyclic) bond motifs is 2. The van der Waals surface area contributed by atoms with Gasteiger partial charge in [-0.15, -0.1) is 0 Å². The lowest BCUT2D eigenvalue weighted by molar-refractivity contribution is -0.138. The van der Waals surface area contributed by atoms with Crippen molar-refractivity contribution in [2.75, 3.05) is 11.5 Å². The molecule has 2 saturated heterocycles. The molecule has 0 spiro atoms. The minimum Gasteiger partial charge on any atom is -0.383 e. The van der Waals surface area contributed by atoms with E-state index >= 15 is 8.78 Å². The predicted molar refractivity (Wildman–Crippen MR) is 209 cm³/mol. The number of amides is 6. The highest BCUT2D eigenvalue weighted by molar-refractivity contribution is 6.07. The maximum absolute atomic E-state index is 15.5. The number of carbonyl (C=O) groups excluding carboxylic acids is 6. The number of nitrogens with one attached hydrogen (secondary N) is 2. The van der Waals surface area contributed by atoms with Crippen LogP contribution in [0.5, 0.6) is 0 Å². The van der Waals surface area contributed by atoms with Crippen LogP contribution in [0, 0.1) is 39.3 Å². The van der Waals surface area contributed by atoms with Gasteiger partial charge >= 0.3 is 0 Å². The van der Waals surface area contributed by atoms with Gasteiger partial charge in [-0.2, -0.15) is 0 Å². The Kier molecular flexibility index (Phi) is 10.1. The summed E-state index contributed by atoms with van der Waals surface area (Å²) in [6.07, 6.45) is 0.725. The SMILES string of the molecule is Cc1cc(-c2ccc3c(c2F)[C@@H](C)N(C2CCC(=O)NC2=O)C3=O)nc(N)c1C.Cc1cc(-c2ccc3c(c2F)[C@H](C)N(C2CCC(=O)NC2=O)C3=O)nc(N)c1C. The second kappa shape index (κ2) is 14.7. The van der Waals surface area contributed by atoms with Crippen molar-refractivity contribution in [3.05, 3.63) is 92.5 Å². The van der Waals surface area contributed by atoms with Crippen LogP contribution >= 0.6 is 0 Å². The molecule has 8 rings (SSSR count). The molecule has 4 atom stereocenters. The van der Waals surface area contributed by atoms with Crippen molar-refractivity contribution >= 4 is 47.1 Å². The molecule has 6 N–H and O–H groups in total. The fraction of sp³-hybridized carbons (Fsp3) is 0.333. The number of nitrogen functional groups attached to an aromatic ring is 2. The minimum atomic E-state index is -0.805. The molecule has 4 aromatic rings. The lowest BCUT2D eigenvalue weighted by Gasteiger charge is -2.32. The number of hydrogen-bond acceptors (Lipinski definition) is 10. The number of nitrogens with two attached hydrogens (primary N) is 2. The summed E-state index contributed by atoms with van der Waals surface area (Å²) >= 11 is 0. The number of piperidine rings is 2. The van der Waals surface area contributed by atoms with Gasteiger partial charge in [0.2, 0.25) is 23.6 Å². The van der Waals surface area contributed by atoms with E-state index in [4.69, 9.17) is 11.5 Å². The van der Waals surface area contributed by atoms with E-state index in [0.29, 0.717) is 23.0 Å². The summed E-state index contributed by atoms with van der Waals surface area (Å²) in [5, 5.41) is 4.51. The molecule has 58 heavy (non-hydrogen) atoms. The Morgan fingerprint density at radius 2 is 0.948 bits per heavy atom. The smallest absolute Gasteiger partial charge is 0.255 e. The molecule has 6 heterocycles. The van der Waals surface area contributed by atoms with Gasteiger partial charge in [-0.1, -0.05) is 0 Å². The number of pyridine rings is 2. The first kappa shape index (κ1) is 39.6. The Morgan fingerprint density at radius 1 is 0.603 bits per heavy atom. The summed E-state index contributed by atoms with van der Waals surface area (Å²) in [6.45, 7) is 10.8. The molecule has 300 valence electrons. The number of anilines is 2. The first-order valence-corrected chi connectivity index (χ1v) is 18.9. The summed E-state index contributed by atoms with van der Waals surface area (Å²) in [4.78, 5) is 84.6. The number of rotatable bonds is 4. The number of hydrogen-bond donors (Lipinski definition) is 4. The molecular weight excluding hydrogens is 751 g/mol. The molecule has 2 aromatic carbocycles. The van der Waals surface area contributed by atoms with Gasteiger partial charge in [-0.05, 0) is 113 Å². The fourth-order valence-corrected chi connectivity index (χ4v) is 8.20. The van der Waals surface area contributed by atoms with Crippen LogP contribution in [-0.2, 0) is 19.2 Å². The summed E-state index contributed by atoms with van der Waals surface area (Å²) in [7, 11) is 0. The van der Waals surface area contributed by atoms with Gasteiger partial charge in [0.15, 0.2) is 0 Å². The average Bonchev–Trinajstić information content (AvgIpc) is 3.57. The Hall–Kier alpha value is -6.58. The van der Waals surface area contributed by atoms with Crippen LogP contribution in [0.2, 0.25) is 0 Å². The summed E-state index contributed by atoms with van der Waals surface area (Å²) in [6, 6.07) is 6.77. The van der Waals surface area contributed by atoms with E-state index in [2.05, 4.69) is 20.6 Å². The Bertz CT molecular complexity index is 2290. The predicted octanol–water partition coefficient (Wildman–Crippen LogP) is 4.82. The second-order valence-corrected chi connectivity index (χ2v) is 15.2. The third-order valence-electron chi connectivity index (χ3n) is 11.7. The number of aromatic nitrogens is 2. The number of benzene rings is 2. The van der Waals surface area contributed by atoms with Gasteiger partial charge < -0.3 is 21.3 Å². The van der Waals surface area contributed by atoms with Gasteiger partial charge in [0.25, 0.3) is 11.8 Å². The highest BCUT2D eigenvalue weighted by atomic mass is 19.1. The Labute approximate surface area is 332 Å². The molecule has 0 saturated carbocycles. The summed E-state index contributed by atoms with van der Waals surface area (Å²) < 4.78 is 31.1. The molecule has 4 aliphatic rings. The second-order valence-electron chi connectivity index (χ2n) is 15.2. The van der Waals surface area contributed by atoms with Crippen LogP contribution in [0.4, 0.5) is 20.4 Å². The molecule has 2 unspecified atom stereocenters. The van der Waals surface area contributed by atoms with Crippen molar-refractivity contribution in [2.45, 2.75) is 91.4 Å². The van der Waals surface area contributed by atoms with Gasteiger partial charge in [-0.25, -0.2) is 18.7 Å². The maximum atomic E-state index is 15.5. The average molecular weight is 793 g/mol. The standard InChI is InChI=1S/2C21H21FN4O3/c2*1-9-8-14(24-19(23)10(9)2)12-4-5-13-17(18(12)22)11(3)26(21(13)29)15-6-7-16(27)25-20(15)28/h2*4-5,8,11,15H,6-7H2,1-3H3,(H2,23,24)(H,25,27,28)/t2*11-,15?/m10/s1. The van der Waals surface area contributed by atoms with E-state index in [1.807, 2.05) is 27.7 Å². The first-order valence-electron chi connectivity index (χ1n) is 18.9. The van der Waals surface area contributed by atoms with Crippen LogP contribution in [0.25, 0.3) is 22.5 Å². The summed E-state index contributed by atoms with van der Waals surface area (Å²) in [5.41, 5.74) is 17.6. The normalized spacial score (nSPS) is 21.4. The molecule has 6 amide bonds. The molecule has 14 nitrogen and oxygen atoms in total. The van der Waals surface area contributed by atoms with Crippen molar-refractivity contribution in [1.82, 2.24) is 30.4 Å². The van der Waals surface area contributed by atoms with Crippen molar-refractivity contribution in [1.29, 1.82) is 0 Å². The van der Waals surface area contributed by atoms with Crippen LogP contribution in [0.15, 0.2) is 36.4 Å². The Balaban J connectivity index is 0.000000177. The zero-order valence-corrected chi connectivity index (χ0v) is 32.8. The van der Waals surface area contributed by atoms with E-state index in [0.717, 1.165) is 22.3 Å². The van der Waals surface area contributed by atoms with Crippen molar-refractivity contribution in [3.63, 3.8) is 0 Å². The maximum Gasteiger partial charge on any atom is 0.255 e. The Morgan fingerprint density at radius 3 is 1.28 bits per heavy atom. The monoisotopic (exact) mass is 792 g/mol. The quantitative estimate of drug-likeness (QED) is 0.207. The molecule has 2 fully saturated rings. The highest BCUT2D eigenvalue weighted by Gasteiger charge is 2.46. The number of halogens is 2. The van der Waals surface area contributed by atoms with Gasteiger partial charge in [0.05, 0.1) is 23.5 Å². The largest absolute Gasteiger partial charge is 0.383 e. The molecule has 2 aromatic heterocycles. The molecule has 16 heteroatoms. The molecule has 0 radical (unpaired) electrons. The number of carbonyl (C=O) groups is 6. The zero-order valence-electron chi connectivity index (χ0n) is 32.8. The molecule has 0 bridgehead atoms. The van der Waals surface area contributed by atoms with E-state index in [1.165, 1.54) is 21.9 Å². The van der Waals surface area contributed by atoms with Crippen LogP contribution in [-0.4, -0.2) is 67.3 Å². The van der Waals surface area contributed by atoms with Gasteiger partial charge in [0.1, 0.15) is 35.4 Å². The van der Waals surface area contributed by atoms with Crippen molar-refractivity contribution < 1.29 is 37.5 Å². The summed E-state index contributed by atoms with van der Waals surface area (Å²) in [5.74, 6) is -3.06. The van der Waals surface area contributed by atoms with Gasteiger partial charge in [0, 0.05) is 46.2 Å². The van der Waals surface area contributed by atoms with E-state index in [9.17, 15) is 28.8 Å². The minimum absolute atomic E-state index is 0.142. The van der Waals surface area contributed by atoms with Crippen molar-refractivity contribution in [3.8, 4) is 22.5 Å². The van der Waals surface area contributed by atoms with Crippen LogP contribution in [0.1, 0.15) is 106 Å². The van der Waals surface area contributed by atoms with E-state index in [-0.39, 0.29) is 70.9 Å². The van der Waals surface area contributed by atoms with Crippen LogP contribution < -0.4 is 22.1 Å². The number of imide groups is 2. The third kappa shape index (κ3) is 6.51. The first-order chi connectivity index (χ1) is 27.4. The third-order valence-corrected chi connectivity index (χ3v) is 11.7. The van der Waals surface area contributed by atoms with Gasteiger partial charge in [-0.3, -0.25) is 39.4 Å². The lowest BCUT2D eigenvalue weighted by Crippen LogP contribution is -2.53. The van der Waals surface area contributed by atoms with Crippen molar-refractivity contribution in [2.24, 2.45) is 0 Å². The topological polar surface area (TPSA) is 211 Å². The zero-order chi connectivity index (χ0) is 42.1. The molecular formula is C42H42F2N8O6. The lowest BCUT2D eigenvalue weighted by atomic mass is 9.97. The van der Waals surface area contributed by atoms with E-state index < -0.39 is 59.4 Å². The molecule has 0 aliphatic carbocycles. The number of nitrogens with zero attached hydrogens (tertiary/aromatic N) is 4. The van der Waals surface area contributed by atoms with Crippen LogP contribution in [0.3, 0.4) is 0 Å².